The van der Waals surface area contributed by atoms with Crippen molar-refractivity contribution in [3.8, 4) is 0 Å². The molecule has 128 valence electrons. The van der Waals surface area contributed by atoms with Crippen LogP contribution in [0.4, 0.5) is 4.39 Å². The van der Waals surface area contributed by atoms with E-state index in [1.807, 2.05) is 13.8 Å². The predicted molar refractivity (Wildman–Crippen MR) is 93.2 cm³/mol. The molecule has 3 aromatic rings. The van der Waals surface area contributed by atoms with Crippen LogP contribution in [-0.4, -0.2) is 18.0 Å². The average molecular weight is 368 g/mol. The molecule has 1 atom stereocenters. The molecule has 1 heterocycles. The zero-order valence-corrected chi connectivity index (χ0v) is 14.7. The number of rotatable bonds is 2. The number of thiazole rings is 1. The van der Waals surface area contributed by atoms with Crippen LogP contribution in [0.15, 0.2) is 47.4 Å². The fourth-order valence-corrected chi connectivity index (χ4v) is 3.25. The minimum Gasteiger partial charge on any atom is -0.322 e. The molecule has 5 nitrogen and oxygen atoms in total. The number of fused-ring (bicyclic) bond motifs is 1. The van der Waals surface area contributed by atoms with Crippen molar-refractivity contribution in [2.45, 2.75) is 24.8 Å². The Balaban J connectivity index is 0.000000177. The van der Waals surface area contributed by atoms with Gasteiger partial charge in [0.05, 0.1) is 21.2 Å². The summed E-state index contributed by atoms with van der Waals surface area (Å²) in [4.78, 5) is 4.21. The van der Waals surface area contributed by atoms with E-state index in [0.717, 1.165) is 20.8 Å². The molecule has 0 spiro atoms. The van der Waals surface area contributed by atoms with Crippen molar-refractivity contribution in [1.82, 2.24) is 4.98 Å². The Bertz CT molecular complexity index is 936. The third-order valence-corrected chi connectivity index (χ3v) is 5.16. The molecule has 0 saturated carbocycles. The Morgan fingerprint density at radius 2 is 1.83 bits per heavy atom. The van der Waals surface area contributed by atoms with Gasteiger partial charge in [-0.3, -0.25) is 4.55 Å². The van der Waals surface area contributed by atoms with Crippen molar-refractivity contribution in [2.24, 2.45) is 5.73 Å². The van der Waals surface area contributed by atoms with Gasteiger partial charge in [-0.1, -0.05) is 17.7 Å². The topological polar surface area (TPSA) is 93.3 Å². The summed E-state index contributed by atoms with van der Waals surface area (Å²) in [6, 6.07) is 10.5. The lowest BCUT2D eigenvalue weighted by atomic mass is 10.2. The van der Waals surface area contributed by atoms with Gasteiger partial charge >= 0.3 is 0 Å². The number of nitrogens with zero attached hydrogens (tertiary/aromatic N) is 1. The SMILES string of the molecule is C[C@H](N)c1nc2ccc(F)cc2s1.Cc1ccc(S(=O)(=O)O)cc1. The lowest BCUT2D eigenvalue weighted by Crippen LogP contribution is -2.03. The molecular weight excluding hydrogens is 351 g/mol. The predicted octanol–water partition coefficient (Wildman–Crippen LogP) is 3.70. The van der Waals surface area contributed by atoms with Gasteiger partial charge in [0.1, 0.15) is 10.8 Å². The molecule has 0 aliphatic heterocycles. The van der Waals surface area contributed by atoms with Gasteiger partial charge in [-0.15, -0.1) is 11.3 Å². The second-order valence-corrected chi connectivity index (χ2v) is 7.72. The van der Waals surface area contributed by atoms with Gasteiger partial charge in [-0.2, -0.15) is 8.42 Å². The van der Waals surface area contributed by atoms with E-state index in [9.17, 15) is 12.8 Å². The van der Waals surface area contributed by atoms with E-state index in [-0.39, 0.29) is 16.8 Å². The van der Waals surface area contributed by atoms with Crippen LogP contribution in [0.1, 0.15) is 23.5 Å². The monoisotopic (exact) mass is 368 g/mol. The molecule has 3 rings (SSSR count). The summed E-state index contributed by atoms with van der Waals surface area (Å²) in [5.74, 6) is -0.229. The number of aryl methyl sites for hydroxylation is 1. The second-order valence-electron chi connectivity index (χ2n) is 5.24. The molecule has 3 N–H and O–H groups in total. The van der Waals surface area contributed by atoms with Gasteiger partial charge in [-0.05, 0) is 44.2 Å². The minimum atomic E-state index is -4.02. The van der Waals surface area contributed by atoms with Crippen LogP contribution in [0, 0.1) is 12.7 Å². The number of aromatic nitrogens is 1. The van der Waals surface area contributed by atoms with Crippen molar-refractivity contribution in [3.05, 3.63) is 58.9 Å². The molecule has 2 aromatic carbocycles. The highest BCUT2D eigenvalue weighted by molar-refractivity contribution is 7.85. The largest absolute Gasteiger partial charge is 0.322 e. The maximum atomic E-state index is 12.8. The Morgan fingerprint density at radius 3 is 2.38 bits per heavy atom. The zero-order valence-electron chi connectivity index (χ0n) is 13.1. The van der Waals surface area contributed by atoms with Crippen LogP contribution < -0.4 is 5.73 Å². The van der Waals surface area contributed by atoms with E-state index >= 15 is 0 Å². The first-order chi connectivity index (χ1) is 11.2. The molecule has 1 aromatic heterocycles. The van der Waals surface area contributed by atoms with Crippen LogP contribution in [0.3, 0.4) is 0 Å². The third-order valence-electron chi connectivity index (χ3n) is 3.08. The Hall–Kier alpha value is -1.87. The second kappa shape index (κ2) is 7.35. The lowest BCUT2D eigenvalue weighted by molar-refractivity contribution is 0.483. The minimum absolute atomic E-state index is 0.0666. The highest BCUT2D eigenvalue weighted by atomic mass is 32.2. The summed E-state index contributed by atoms with van der Waals surface area (Å²) in [7, 11) is -4.02. The molecule has 24 heavy (non-hydrogen) atoms. The normalized spacial score (nSPS) is 12.5. The summed E-state index contributed by atoms with van der Waals surface area (Å²) in [6.45, 7) is 3.71. The van der Waals surface area contributed by atoms with Crippen LogP contribution in [0.25, 0.3) is 10.2 Å². The first-order valence-electron chi connectivity index (χ1n) is 7.02. The number of hydrogen-bond donors (Lipinski definition) is 2. The number of halogens is 1. The van der Waals surface area contributed by atoms with Crippen molar-refractivity contribution >= 4 is 31.7 Å². The number of nitrogens with two attached hydrogens (primary N) is 1. The zero-order chi connectivity index (χ0) is 17.9. The maximum absolute atomic E-state index is 12.8. The van der Waals surface area contributed by atoms with Crippen molar-refractivity contribution < 1.29 is 17.4 Å². The molecular formula is C16H17FN2O3S2. The van der Waals surface area contributed by atoms with E-state index in [0.29, 0.717) is 0 Å². The third kappa shape index (κ3) is 4.81. The Labute approximate surface area is 143 Å². The highest BCUT2D eigenvalue weighted by Crippen LogP contribution is 2.25. The molecule has 0 unspecified atom stereocenters. The molecule has 8 heteroatoms. The quantitative estimate of drug-likeness (QED) is 0.673. The average Bonchev–Trinajstić information content (AvgIpc) is 2.90. The molecule has 0 saturated heterocycles. The summed E-state index contributed by atoms with van der Waals surface area (Å²) in [5, 5.41) is 0.848. The first-order valence-corrected chi connectivity index (χ1v) is 9.28. The fraction of sp³-hybridized carbons (Fsp3) is 0.188. The fourth-order valence-electron chi connectivity index (χ4n) is 1.82. The summed E-state index contributed by atoms with van der Waals surface area (Å²) < 4.78 is 43.2. The van der Waals surface area contributed by atoms with Crippen LogP contribution in [0.5, 0.6) is 0 Å². The first kappa shape index (κ1) is 18.5. The molecule has 0 aliphatic carbocycles. The van der Waals surface area contributed by atoms with Gasteiger partial charge in [0.2, 0.25) is 0 Å². The van der Waals surface area contributed by atoms with E-state index in [4.69, 9.17) is 10.3 Å². The number of hydrogen-bond acceptors (Lipinski definition) is 5. The van der Waals surface area contributed by atoms with E-state index in [2.05, 4.69) is 4.98 Å². The maximum Gasteiger partial charge on any atom is 0.294 e. The number of benzene rings is 2. The Morgan fingerprint density at radius 1 is 1.21 bits per heavy atom. The van der Waals surface area contributed by atoms with Gasteiger partial charge in [-0.25, -0.2) is 9.37 Å². The van der Waals surface area contributed by atoms with Crippen LogP contribution >= 0.6 is 11.3 Å². The van der Waals surface area contributed by atoms with Gasteiger partial charge in [0.25, 0.3) is 10.1 Å². The summed E-state index contributed by atoms with van der Waals surface area (Å²) in [6.07, 6.45) is 0. The van der Waals surface area contributed by atoms with Crippen molar-refractivity contribution in [3.63, 3.8) is 0 Å². The molecule has 0 radical (unpaired) electrons. The van der Waals surface area contributed by atoms with Crippen LogP contribution in [0.2, 0.25) is 0 Å². The lowest BCUT2D eigenvalue weighted by Gasteiger charge is -1.95. The van der Waals surface area contributed by atoms with Gasteiger partial charge in [0.15, 0.2) is 0 Å². The van der Waals surface area contributed by atoms with Crippen molar-refractivity contribution in [1.29, 1.82) is 0 Å². The van der Waals surface area contributed by atoms with Crippen LogP contribution in [-0.2, 0) is 10.1 Å². The molecule has 0 aliphatic rings. The highest BCUT2D eigenvalue weighted by Gasteiger charge is 2.08. The molecule has 0 amide bonds. The smallest absolute Gasteiger partial charge is 0.294 e. The van der Waals surface area contributed by atoms with E-state index in [1.165, 1.54) is 35.6 Å². The van der Waals surface area contributed by atoms with Crippen molar-refractivity contribution in [2.75, 3.05) is 0 Å². The van der Waals surface area contributed by atoms with Gasteiger partial charge in [0, 0.05) is 0 Å². The van der Waals surface area contributed by atoms with Gasteiger partial charge < -0.3 is 5.73 Å². The van der Waals surface area contributed by atoms with E-state index in [1.54, 1.807) is 18.2 Å². The molecule has 0 fully saturated rings. The molecule has 0 bridgehead atoms. The standard InChI is InChI=1S/C9H9FN2S.C7H8O3S/c1-5(11)9-12-7-3-2-6(10)4-8(7)13-9;1-6-2-4-7(5-3-6)11(8,9)10/h2-5H,11H2,1H3;2-5H,1H3,(H,8,9,10)/t5-;/m0./s1. The van der Waals surface area contributed by atoms with E-state index < -0.39 is 10.1 Å². The summed E-state index contributed by atoms with van der Waals surface area (Å²) >= 11 is 1.44. The summed E-state index contributed by atoms with van der Waals surface area (Å²) in [5.41, 5.74) is 7.44. The Kier molecular flexibility index (Phi) is 5.66.